The zero-order valence-corrected chi connectivity index (χ0v) is 9.69. The Hall–Kier alpha value is -2.22. The number of anilines is 1. The van der Waals surface area contributed by atoms with Gasteiger partial charge >= 0.3 is 0 Å². The number of hydrogen-bond donors (Lipinski definition) is 2. The van der Waals surface area contributed by atoms with Crippen molar-refractivity contribution in [2.24, 2.45) is 12.8 Å². The van der Waals surface area contributed by atoms with E-state index in [2.05, 4.69) is 20.1 Å². The van der Waals surface area contributed by atoms with E-state index < -0.39 is 5.91 Å². The van der Waals surface area contributed by atoms with Crippen LogP contribution in [0.4, 0.5) is 5.82 Å². The minimum atomic E-state index is -0.417. The molecule has 0 fully saturated rings. The summed E-state index contributed by atoms with van der Waals surface area (Å²) >= 11 is 4.85. The topological polar surface area (TPSA) is 99.0 Å². The first-order valence-corrected chi connectivity index (χ1v) is 5.04. The highest BCUT2D eigenvalue weighted by Gasteiger charge is 2.16. The summed E-state index contributed by atoms with van der Waals surface area (Å²) in [6.45, 7) is 0. The van der Waals surface area contributed by atoms with Crippen LogP contribution in [0.15, 0.2) is 23.0 Å². The molecule has 0 saturated carbocycles. The Bertz CT molecular complexity index is 560. The third-order valence-electron chi connectivity index (χ3n) is 2.11. The normalized spacial score (nSPS) is 10.2. The standard InChI is InChI=1S/C9H9N5O2S/c1-14-8(5(4-11-14)7(10)17)12-9(15)6-2-3-16-13-6/h2-4H,1H3,(H2,10,17)(H,12,15). The van der Waals surface area contributed by atoms with Gasteiger partial charge in [0.05, 0.1) is 11.8 Å². The summed E-state index contributed by atoms with van der Waals surface area (Å²) < 4.78 is 6.04. The highest BCUT2D eigenvalue weighted by atomic mass is 32.1. The van der Waals surface area contributed by atoms with Crippen molar-refractivity contribution in [1.82, 2.24) is 14.9 Å². The van der Waals surface area contributed by atoms with Crippen molar-refractivity contribution in [3.05, 3.63) is 29.8 Å². The highest BCUT2D eigenvalue weighted by molar-refractivity contribution is 7.80. The minimum Gasteiger partial charge on any atom is -0.389 e. The van der Waals surface area contributed by atoms with Gasteiger partial charge in [-0.25, -0.2) is 0 Å². The third kappa shape index (κ3) is 2.16. The fraction of sp³-hybridized carbons (Fsp3) is 0.111. The van der Waals surface area contributed by atoms with E-state index >= 15 is 0 Å². The summed E-state index contributed by atoms with van der Waals surface area (Å²) in [5.74, 6) is 0.00495. The van der Waals surface area contributed by atoms with Crippen molar-refractivity contribution in [2.75, 3.05) is 5.32 Å². The fourth-order valence-corrected chi connectivity index (χ4v) is 1.42. The average Bonchev–Trinajstić information content (AvgIpc) is 2.89. The predicted molar refractivity (Wildman–Crippen MR) is 63.6 cm³/mol. The second-order valence-corrected chi connectivity index (χ2v) is 3.67. The molecule has 0 unspecified atom stereocenters. The minimum absolute atomic E-state index is 0.161. The van der Waals surface area contributed by atoms with Gasteiger partial charge in [-0.05, 0) is 0 Å². The lowest BCUT2D eigenvalue weighted by molar-refractivity contribution is 0.101. The van der Waals surface area contributed by atoms with Crippen LogP contribution in [0, 0.1) is 0 Å². The molecule has 0 bridgehead atoms. The molecular formula is C9H9N5O2S. The maximum Gasteiger partial charge on any atom is 0.279 e. The van der Waals surface area contributed by atoms with E-state index in [9.17, 15) is 4.79 Å². The largest absolute Gasteiger partial charge is 0.389 e. The second-order valence-electron chi connectivity index (χ2n) is 3.23. The molecule has 2 aromatic heterocycles. The number of nitrogens with one attached hydrogen (secondary N) is 1. The first kappa shape index (κ1) is 11.3. The molecule has 1 amide bonds. The average molecular weight is 251 g/mol. The molecule has 17 heavy (non-hydrogen) atoms. The second kappa shape index (κ2) is 4.34. The summed E-state index contributed by atoms with van der Waals surface area (Å²) in [7, 11) is 1.67. The Labute approximate surface area is 102 Å². The van der Waals surface area contributed by atoms with Gasteiger partial charge in [0.25, 0.3) is 5.91 Å². The summed E-state index contributed by atoms with van der Waals surface area (Å²) in [6.07, 6.45) is 2.80. The van der Waals surface area contributed by atoms with E-state index in [1.165, 1.54) is 23.2 Å². The van der Waals surface area contributed by atoms with Gasteiger partial charge < -0.3 is 15.6 Å². The van der Waals surface area contributed by atoms with Crippen LogP contribution in [0.25, 0.3) is 0 Å². The van der Waals surface area contributed by atoms with Gasteiger partial charge in [-0.2, -0.15) is 5.10 Å². The van der Waals surface area contributed by atoms with Gasteiger partial charge in [0, 0.05) is 13.1 Å². The van der Waals surface area contributed by atoms with E-state index in [1.54, 1.807) is 7.05 Å². The Balaban J connectivity index is 2.27. The number of carbonyl (C=O) groups excluding carboxylic acids is 1. The van der Waals surface area contributed by atoms with Crippen molar-refractivity contribution in [3.8, 4) is 0 Å². The van der Waals surface area contributed by atoms with Crippen molar-refractivity contribution in [2.45, 2.75) is 0 Å². The van der Waals surface area contributed by atoms with Gasteiger partial charge in [0.1, 0.15) is 17.1 Å². The van der Waals surface area contributed by atoms with Crippen LogP contribution in [-0.2, 0) is 7.05 Å². The highest BCUT2D eigenvalue weighted by Crippen LogP contribution is 2.14. The van der Waals surface area contributed by atoms with E-state index in [0.717, 1.165) is 0 Å². The number of amides is 1. The van der Waals surface area contributed by atoms with Crippen molar-refractivity contribution < 1.29 is 9.32 Å². The lowest BCUT2D eigenvalue weighted by Crippen LogP contribution is -2.19. The van der Waals surface area contributed by atoms with E-state index in [-0.39, 0.29) is 10.7 Å². The number of thiocarbonyl (C=S) groups is 1. The summed E-state index contributed by atoms with van der Waals surface area (Å²) in [6, 6.07) is 1.45. The van der Waals surface area contributed by atoms with Gasteiger partial charge in [0.2, 0.25) is 0 Å². The van der Waals surface area contributed by atoms with Crippen LogP contribution in [-0.4, -0.2) is 25.8 Å². The molecule has 0 atom stereocenters. The molecular weight excluding hydrogens is 242 g/mol. The molecule has 0 radical (unpaired) electrons. The first-order valence-electron chi connectivity index (χ1n) is 4.63. The van der Waals surface area contributed by atoms with Crippen LogP contribution in [0.3, 0.4) is 0 Å². The number of nitrogens with two attached hydrogens (primary N) is 1. The van der Waals surface area contributed by atoms with Gasteiger partial charge in [-0.15, -0.1) is 0 Å². The zero-order chi connectivity index (χ0) is 12.4. The third-order valence-corrected chi connectivity index (χ3v) is 2.33. The van der Waals surface area contributed by atoms with E-state index in [1.807, 2.05) is 0 Å². The first-order chi connectivity index (χ1) is 8.09. The number of aryl methyl sites for hydroxylation is 1. The molecule has 3 N–H and O–H groups in total. The number of rotatable bonds is 3. The molecule has 0 spiro atoms. The lowest BCUT2D eigenvalue weighted by Gasteiger charge is -2.05. The van der Waals surface area contributed by atoms with Gasteiger partial charge in [-0.1, -0.05) is 17.4 Å². The van der Waals surface area contributed by atoms with Crippen LogP contribution < -0.4 is 11.1 Å². The monoisotopic (exact) mass is 251 g/mol. The smallest absolute Gasteiger partial charge is 0.279 e. The number of aromatic nitrogens is 3. The Morgan fingerprint density at radius 2 is 2.41 bits per heavy atom. The lowest BCUT2D eigenvalue weighted by atomic mass is 10.3. The van der Waals surface area contributed by atoms with Crippen molar-refractivity contribution >= 4 is 28.9 Å². The van der Waals surface area contributed by atoms with Crippen molar-refractivity contribution in [3.63, 3.8) is 0 Å². The number of nitrogens with zero attached hydrogens (tertiary/aromatic N) is 3. The van der Waals surface area contributed by atoms with Gasteiger partial charge in [-0.3, -0.25) is 9.48 Å². The molecule has 2 aromatic rings. The fourth-order valence-electron chi connectivity index (χ4n) is 1.27. The molecule has 7 nitrogen and oxygen atoms in total. The predicted octanol–water partition coefficient (Wildman–Crippen LogP) is 0.295. The van der Waals surface area contributed by atoms with Crippen LogP contribution >= 0.6 is 12.2 Å². The van der Waals surface area contributed by atoms with E-state index in [0.29, 0.717) is 11.4 Å². The Kier molecular flexibility index (Phi) is 2.88. The number of carbonyl (C=O) groups is 1. The zero-order valence-electron chi connectivity index (χ0n) is 8.88. The van der Waals surface area contributed by atoms with Crippen LogP contribution in [0.1, 0.15) is 16.1 Å². The van der Waals surface area contributed by atoms with Crippen LogP contribution in [0.5, 0.6) is 0 Å². The summed E-state index contributed by atoms with van der Waals surface area (Å²) in [4.78, 5) is 11.9. The molecule has 2 heterocycles. The molecule has 0 saturated heterocycles. The molecule has 0 aliphatic rings. The number of hydrogen-bond acceptors (Lipinski definition) is 5. The molecule has 8 heteroatoms. The Morgan fingerprint density at radius 1 is 1.65 bits per heavy atom. The summed E-state index contributed by atoms with van der Waals surface area (Å²) in [5.41, 5.74) is 6.18. The molecule has 0 aliphatic carbocycles. The Morgan fingerprint density at radius 3 is 3.00 bits per heavy atom. The molecule has 0 aliphatic heterocycles. The van der Waals surface area contributed by atoms with Gasteiger partial charge in [0.15, 0.2) is 5.69 Å². The maximum atomic E-state index is 11.7. The quantitative estimate of drug-likeness (QED) is 0.761. The van der Waals surface area contributed by atoms with Crippen LogP contribution in [0.2, 0.25) is 0 Å². The summed E-state index contributed by atoms with van der Waals surface area (Å²) in [5, 5.41) is 10.1. The van der Waals surface area contributed by atoms with E-state index in [4.69, 9.17) is 18.0 Å². The molecule has 2 rings (SSSR count). The SMILES string of the molecule is Cn1ncc(C(N)=S)c1NC(=O)c1ccon1. The maximum absolute atomic E-state index is 11.7. The van der Waals surface area contributed by atoms with Crippen molar-refractivity contribution in [1.29, 1.82) is 0 Å². The molecule has 88 valence electrons. The molecule has 0 aromatic carbocycles.